The Hall–Kier alpha value is -1.30. The minimum Gasteiger partial charge on any atom is -0.303 e. The Morgan fingerprint density at radius 2 is 1.88 bits per heavy atom. The molecule has 2 aromatic heterocycles. The second kappa shape index (κ2) is 8.59. The molecule has 4 rings (SSSR count). The smallest absolute Gasteiger partial charge is 0.191 e. The maximum Gasteiger partial charge on any atom is 0.191 e. The summed E-state index contributed by atoms with van der Waals surface area (Å²) in [5, 5.41) is 13.1. The number of hydrogen-bond acceptors (Lipinski definition) is 4. The van der Waals surface area contributed by atoms with Crippen molar-refractivity contribution < 1.29 is 0 Å². The second-order valence-corrected chi connectivity index (χ2v) is 9.14. The zero-order valence-corrected chi connectivity index (χ0v) is 17.0. The number of thiophene rings is 1. The van der Waals surface area contributed by atoms with E-state index in [4.69, 9.17) is 11.6 Å². The lowest BCUT2D eigenvalue weighted by molar-refractivity contribution is 0.330. The lowest BCUT2D eigenvalue weighted by Crippen LogP contribution is -2.16. The highest BCUT2D eigenvalue weighted by Gasteiger charge is 2.23. The molecule has 3 aromatic rings. The zero-order chi connectivity index (χ0) is 17.8. The third-order valence-electron chi connectivity index (χ3n) is 4.87. The molecule has 2 heterocycles. The highest BCUT2D eigenvalue weighted by Crippen LogP contribution is 2.34. The molecule has 136 valence electrons. The zero-order valence-electron chi connectivity index (χ0n) is 14.6. The van der Waals surface area contributed by atoms with Crippen LogP contribution in [0.1, 0.15) is 54.4 Å². The number of rotatable bonds is 6. The molecule has 0 N–H and O–H groups in total. The van der Waals surface area contributed by atoms with Gasteiger partial charge in [-0.05, 0) is 42.0 Å². The summed E-state index contributed by atoms with van der Waals surface area (Å²) in [6.07, 6.45) is 7.33. The first-order chi connectivity index (χ1) is 12.8. The van der Waals surface area contributed by atoms with E-state index < -0.39 is 0 Å². The van der Waals surface area contributed by atoms with Crippen LogP contribution in [0.25, 0.3) is 0 Å². The summed E-state index contributed by atoms with van der Waals surface area (Å²) in [5.74, 6) is 2.00. The highest BCUT2D eigenvalue weighted by atomic mass is 35.5. The first kappa shape index (κ1) is 18.1. The van der Waals surface area contributed by atoms with E-state index in [9.17, 15) is 0 Å². The molecule has 1 aromatic carbocycles. The molecule has 1 fully saturated rings. The predicted molar refractivity (Wildman–Crippen MR) is 110 cm³/mol. The monoisotopic (exact) mass is 403 g/mol. The molecule has 26 heavy (non-hydrogen) atoms. The summed E-state index contributed by atoms with van der Waals surface area (Å²) >= 11 is 9.57. The summed E-state index contributed by atoms with van der Waals surface area (Å²) in [6, 6.07) is 12.9. The standard InChI is InChI=1S/C20H22ClN3S2/c21-16-10-8-15(9-11-16)14-26-20-23-22-19(13-18-7-4-12-25-18)24(20)17-5-2-1-3-6-17/h4,7-12,17H,1-3,5-6,13-14H2. The van der Waals surface area contributed by atoms with Gasteiger partial charge in [-0.15, -0.1) is 21.5 Å². The van der Waals surface area contributed by atoms with E-state index in [-0.39, 0.29) is 0 Å². The Labute approximate surface area is 167 Å². The van der Waals surface area contributed by atoms with E-state index in [1.165, 1.54) is 42.5 Å². The highest BCUT2D eigenvalue weighted by molar-refractivity contribution is 7.98. The van der Waals surface area contributed by atoms with Crippen molar-refractivity contribution in [3.63, 3.8) is 0 Å². The van der Waals surface area contributed by atoms with Crippen molar-refractivity contribution >= 4 is 34.7 Å². The summed E-state index contributed by atoms with van der Waals surface area (Å²) in [5.41, 5.74) is 1.26. The molecular weight excluding hydrogens is 382 g/mol. The molecule has 1 aliphatic rings. The maximum absolute atomic E-state index is 5.99. The largest absolute Gasteiger partial charge is 0.303 e. The van der Waals surface area contributed by atoms with Crippen molar-refractivity contribution in [3.8, 4) is 0 Å². The molecule has 0 aliphatic heterocycles. The number of aromatic nitrogens is 3. The van der Waals surface area contributed by atoms with Crippen LogP contribution < -0.4 is 0 Å². The Kier molecular flexibility index (Phi) is 5.98. The fraction of sp³-hybridized carbons (Fsp3) is 0.400. The van der Waals surface area contributed by atoms with Gasteiger partial charge >= 0.3 is 0 Å². The van der Waals surface area contributed by atoms with Gasteiger partial charge in [0.1, 0.15) is 5.82 Å². The number of hydrogen-bond donors (Lipinski definition) is 0. The van der Waals surface area contributed by atoms with Gasteiger partial charge in [0.05, 0.1) is 0 Å². The van der Waals surface area contributed by atoms with Crippen LogP contribution in [0.15, 0.2) is 46.9 Å². The third kappa shape index (κ3) is 4.33. The number of thioether (sulfide) groups is 1. The Balaban J connectivity index is 1.56. The Morgan fingerprint density at radius 3 is 2.62 bits per heavy atom. The van der Waals surface area contributed by atoms with E-state index in [1.807, 2.05) is 12.1 Å². The number of nitrogens with zero attached hydrogens (tertiary/aromatic N) is 3. The molecule has 6 heteroatoms. The molecule has 0 bridgehead atoms. The van der Waals surface area contributed by atoms with Gasteiger partial charge in [0.25, 0.3) is 0 Å². The molecule has 3 nitrogen and oxygen atoms in total. The molecule has 1 aliphatic carbocycles. The quantitative estimate of drug-likeness (QED) is 0.447. The third-order valence-corrected chi connectivity index (χ3v) is 7.01. The van der Waals surface area contributed by atoms with E-state index in [0.717, 1.165) is 28.2 Å². The number of halogens is 1. The van der Waals surface area contributed by atoms with Gasteiger partial charge in [-0.2, -0.15) is 0 Å². The molecular formula is C20H22ClN3S2. The van der Waals surface area contributed by atoms with Crippen LogP contribution in [0.4, 0.5) is 0 Å². The van der Waals surface area contributed by atoms with Crippen LogP contribution in [-0.4, -0.2) is 14.8 Å². The summed E-state index contributed by atoms with van der Waals surface area (Å²) in [7, 11) is 0. The van der Waals surface area contributed by atoms with Gasteiger partial charge in [-0.3, -0.25) is 0 Å². The van der Waals surface area contributed by atoms with Gasteiger partial charge in [-0.1, -0.05) is 60.8 Å². The Morgan fingerprint density at radius 1 is 1.08 bits per heavy atom. The summed E-state index contributed by atoms with van der Waals surface area (Å²) in [4.78, 5) is 1.35. The van der Waals surface area contributed by atoms with Crippen molar-refractivity contribution in [2.24, 2.45) is 0 Å². The minimum absolute atomic E-state index is 0.543. The van der Waals surface area contributed by atoms with E-state index in [0.29, 0.717) is 6.04 Å². The topological polar surface area (TPSA) is 30.7 Å². The normalized spacial score (nSPS) is 15.4. The van der Waals surface area contributed by atoms with Gasteiger partial charge in [-0.25, -0.2) is 0 Å². The SMILES string of the molecule is Clc1ccc(CSc2nnc(Cc3cccs3)n2C2CCCCC2)cc1. The summed E-state index contributed by atoms with van der Waals surface area (Å²) in [6.45, 7) is 0. The van der Waals surface area contributed by atoms with Crippen molar-refractivity contribution in [1.82, 2.24) is 14.8 Å². The first-order valence-electron chi connectivity index (χ1n) is 9.13. The van der Waals surface area contributed by atoms with Gasteiger partial charge in [0.15, 0.2) is 5.16 Å². The predicted octanol–water partition coefficient (Wildman–Crippen LogP) is 6.38. The van der Waals surface area contributed by atoms with Crippen molar-refractivity contribution in [1.29, 1.82) is 0 Å². The van der Waals surface area contributed by atoms with Crippen molar-refractivity contribution in [2.75, 3.05) is 0 Å². The molecule has 0 radical (unpaired) electrons. The van der Waals surface area contributed by atoms with Crippen LogP contribution in [0.2, 0.25) is 5.02 Å². The van der Waals surface area contributed by atoms with E-state index >= 15 is 0 Å². The van der Waals surface area contributed by atoms with Crippen LogP contribution in [-0.2, 0) is 12.2 Å². The molecule has 0 amide bonds. The second-order valence-electron chi connectivity index (χ2n) is 6.73. The molecule has 0 unspecified atom stereocenters. The number of benzene rings is 1. The van der Waals surface area contributed by atoms with Crippen LogP contribution >= 0.6 is 34.7 Å². The van der Waals surface area contributed by atoms with Crippen LogP contribution in [0, 0.1) is 0 Å². The van der Waals surface area contributed by atoms with Gasteiger partial charge in [0, 0.05) is 28.1 Å². The lowest BCUT2D eigenvalue weighted by atomic mass is 9.95. The fourth-order valence-corrected chi connectivity index (χ4v) is 5.34. The van der Waals surface area contributed by atoms with Gasteiger partial charge in [0.2, 0.25) is 0 Å². The van der Waals surface area contributed by atoms with E-state index in [2.05, 4.69) is 44.4 Å². The molecule has 0 spiro atoms. The van der Waals surface area contributed by atoms with E-state index in [1.54, 1.807) is 23.1 Å². The van der Waals surface area contributed by atoms with Crippen molar-refractivity contribution in [2.45, 2.75) is 55.5 Å². The van der Waals surface area contributed by atoms with Crippen LogP contribution in [0.3, 0.4) is 0 Å². The maximum atomic E-state index is 5.99. The molecule has 0 saturated heterocycles. The first-order valence-corrected chi connectivity index (χ1v) is 11.4. The van der Waals surface area contributed by atoms with Gasteiger partial charge < -0.3 is 4.57 Å². The fourth-order valence-electron chi connectivity index (χ4n) is 3.53. The minimum atomic E-state index is 0.543. The Bertz CT molecular complexity index is 821. The lowest BCUT2D eigenvalue weighted by Gasteiger charge is -2.25. The molecule has 1 saturated carbocycles. The van der Waals surface area contributed by atoms with Crippen molar-refractivity contribution in [3.05, 3.63) is 63.1 Å². The average molecular weight is 404 g/mol. The van der Waals surface area contributed by atoms with Crippen LogP contribution in [0.5, 0.6) is 0 Å². The molecule has 0 atom stereocenters. The average Bonchev–Trinajstić information content (AvgIpc) is 3.32. The summed E-state index contributed by atoms with van der Waals surface area (Å²) < 4.78 is 2.43.